The maximum Gasteiger partial charge on any atom is 0.311 e. The van der Waals surface area contributed by atoms with Gasteiger partial charge in [0.25, 0.3) is 5.91 Å². The Hall–Kier alpha value is -4.20. The molecule has 0 radical (unpaired) electrons. The number of methoxy groups -OCH3 is 1. The first kappa shape index (κ1) is 19.1. The molecule has 0 unspecified atom stereocenters. The number of carbonyl (C=O) groups excluding carboxylic acids is 1. The van der Waals surface area contributed by atoms with Crippen molar-refractivity contribution in [2.24, 2.45) is 5.10 Å². The molecule has 150 valence electrons. The van der Waals surface area contributed by atoms with Crippen LogP contribution in [0, 0.1) is 10.1 Å². The van der Waals surface area contributed by atoms with Crippen LogP contribution >= 0.6 is 0 Å². The molecule has 4 rings (SSSR count). The number of carbonyl (C=O) groups is 1. The van der Waals surface area contributed by atoms with E-state index in [0.29, 0.717) is 34.1 Å². The first-order valence-corrected chi connectivity index (χ1v) is 9.07. The number of nitro groups is 1. The maximum absolute atomic E-state index is 12.8. The summed E-state index contributed by atoms with van der Waals surface area (Å²) in [5.74, 6) is 0.794. The number of nitrogens with zero attached hydrogens (tertiary/aromatic N) is 3. The van der Waals surface area contributed by atoms with Crippen molar-refractivity contribution in [2.75, 3.05) is 12.1 Å². The molecule has 0 bridgehead atoms. The van der Waals surface area contributed by atoms with Crippen molar-refractivity contribution >= 4 is 29.1 Å². The summed E-state index contributed by atoms with van der Waals surface area (Å²) in [4.78, 5) is 23.5. The molecule has 2 heterocycles. The Labute approximate surface area is 171 Å². The average Bonchev–Trinajstić information content (AvgIpc) is 3.34. The normalized spacial score (nSPS) is 14.9. The molecule has 1 amide bonds. The van der Waals surface area contributed by atoms with Gasteiger partial charge in [-0.05, 0) is 49.4 Å². The molecule has 1 aliphatic rings. The Morgan fingerprint density at radius 2 is 1.90 bits per heavy atom. The second-order valence-electron chi connectivity index (χ2n) is 6.54. The van der Waals surface area contributed by atoms with Gasteiger partial charge in [0.05, 0.1) is 29.0 Å². The van der Waals surface area contributed by atoms with Crippen molar-refractivity contribution in [3.63, 3.8) is 0 Å². The van der Waals surface area contributed by atoms with Crippen LogP contribution in [0.1, 0.15) is 12.7 Å². The Kier molecular flexibility index (Phi) is 4.89. The van der Waals surface area contributed by atoms with Crippen LogP contribution in [0.15, 0.2) is 75.8 Å². The number of furan rings is 1. The molecule has 3 aromatic rings. The molecule has 1 aliphatic heterocycles. The quantitative estimate of drug-likeness (QED) is 0.350. The summed E-state index contributed by atoms with van der Waals surface area (Å²) < 4.78 is 10.8. The van der Waals surface area contributed by atoms with Crippen molar-refractivity contribution in [3.8, 4) is 17.1 Å². The zero-order valence-electron chi connectivity index (χ0n) is 16.2. The van der Waals surface area contributed by atoms with E-state index in [1.807, 2.05) is 18.2 Å². The number of rotatable bonds is 5. The van der Waals surface area contributed by atoms with E-state index >= 15 is 0 Å². The van der Waals surface area contributed by atoms with Crippen LogP contribution in [0.25, 0.3) is 17.4 Å². The fourth-order valence-electron chi connectivity index (χ4n) is 3.14. The lowest BCUT2D eigenvalue weighted by atomic mass is 10.1. The van der Waals surface area contributed by atoms with Gasteiger partial charge < -0.3 is 9.15 Å². The van der Waals surface area contributed by atoms with Gasteiger partial charge in [-0.2, -0.15) is 10.1 Å². The number of nitro benzene ring substituents is 1. The van der Waals surface area contributed by atoms with E-state index in [4.69, 9.17) is 9.15 Å². The molecule has 1 aromatic heterocycles. The van der Waals surface area contributed by atoms with Gasteiger partial charge in [-0.15, -0.1) is 0 Å². The van der Waals surface area contributed by atoms with E-state index in [1.165, 1.54) is 24.3 Å². The molecule has 0 fully saturated rings. The predicted molar refractivity (Wildman–Crippen MR) is 112 cm³/mol. The second-order valence-corrected chi connectivity index (χ2v) is 6.54. The van der Waals surface area contributed by atoms with Crippen LogP contribution in [0.5, 0.6) is 5.75 Å². The summed E-state index contributed by atoms with van der Waals surface area (Å²) in [6.45, 7) is 1.75. The number of hydrogen-bond donors (Lipinski definition) is 0. The minimum absolute atomic E-state index is 0.154. The highest BCUT2D eigenvalue weighted by Crippen LogP contribution is 2.33. The highest BCUT2D eigenvalue weighted by Gasteiger charge is 2.29. The van der Waals surface area contributed by atoms with Gasteiger partial charge in [0.2, 0.25) is 0 Å². The summed E-state index contributed by atoms with van der Waals surface area (Å²) in [5, 5.41) is 16.9. The fourth-order valence-corrected chi connectivity index (χ4v) is 3.14. The predicted octanol–water partition coefficient (Wildman–Crippen LogP) is 4.67. The molecule has 2 aromatic carbocycles. The summed E-state index contributed by atoms with van der Waals surface area (Å²) >= 11 is 0. The topological polar surface area (TPSA) is 98.2 Å². The Bertz CT molecular complexity index is 1190. The minimum Gasteiger partial charge on any atom is -0.490 e. The summed E-state index contributed by atoms with van der Waals surface area (Å²) in [6, 6.07) is 17.1. The second kappa shape index (κ2) is 7.67. The Balaban J connectivity index is 1.63. The first-order chi connectivity index (χ1) is 14.5. The van der Waals surface area contributed by atoms with Gasteiger partial charge in [0.15, 0.2) is 5.75 Å². The first-order valence-electron chi connectivity index (χ1n) is 9.07. The molecule has 0 saturated heterocycles. The Morgan fingerprint density at radius 1 is 1.13 bits per heavy atom. The molecule has 0 atom stereocenters. The van der Waals surface area contributed by atoms with Crippen molar-refractivity contribution in [2.45, 2.75) is 6.92 Å². The number of hydrazone groups is 1. The molecule has 0 N–H and O–H groups in total. The molecular formula is C22H17N3O5. The third-order valence-corrected chi connectivity index (χ3v) is 4.64. The molecule has 8 heteroatoms. The van der Waals surface area contributed by atoms with E-state index in [2.05, 4.69) is 5.10 Å². The van der Waals surface area contributed by atoms with Gasteiger partial charge in [0, 0.05) is 11.6 Å². The number of anilines is 1. The lowest BCUT2D eigenvalue weighted by Gasteiger charge is -2.10. The molecule has 0 aliphatic carbocycles. The third-order valence-electron chi connectivity index (χ3n) is 4.64. The molecular weight excluding hydrogens is 386 g/mol. The highest BCUT2D eigenvalue weighted by molar-refractivity contribution is 6.32. The SMILES string of the molecule is COc1ccc(-c2ccc(/C=C3\C(=O)N(c4ccccc4)N=C3C)o2)cc1[N+](=O)[O-]. The van der Waals surface area contributed by atoms with Gasteiger partial charge in [-0.25, -0.2) is 0 Å². The zero-order valence-corrected chi connectivity index (χ0v) is 16.2. The molecule has 30 heavy (non-hydrogen) atoms. The largest absolute Gasteiger partial charge is 0.490 e. The number of hydrogen-bond acceptors (Lipinski definition) is 6. The van der Waals surface area contributed by atoms with Crippen molar-refractivity contribution in [1.82, 2.24) is 0 Å². The maximum atomic E-state index is 12.8. The van der Waals surface area contributed by atoms with E-state index in [0.717, 1.165) is 0 Å². The summed E-state index contributed by atoms with van der Waals surface area (Å²) in [6.07, 6.45) is 1.62. The number of ether oxygens (including phenoxy) is 1. The van der Waals surface area contributed by atoms with Crippen LogP contribution in [0.4, 0.5) is 11.4 Å². The molecule has 0 spiro atoms. The number of amides is 1. The molecule has 0 saturated carbocycles. The smallest absolute Gasteiger partial charge is 0.311 e. The minimum atomic E-state index is -0.511. The monoisotopic (exact) mass is 403 g/mol. The lowest BCUT2D eigenvalue weighted by Crippen LogP contribution is -2.21. The zero-order chi connectivity index (χ0) is 21.3. The van der Waals surface area contributed by atoms with Crippen LogP contribution in [-0.4, -0.2) is 23.7 Å². The van der Waals surface area contributed by atoms with Gasteiger partial charge in [-0.3, -0.25) is 14.9 Å². The van der Waals surface area contributed by atoms with Gasteiger partial charge >= 0.3 is 5.69 Å². The standard InChI is InChI=1S/C22H17N3O5/c1-14-18(22(26)24(23-14)16-6-4-3-5-7-16)13-17-9-11-20(30-17)15-8-10-21(29-2)19(12-15)25(27)28/h3-13H,1-2H3/b18-13-. The lowest BCUT2D eigenvalue weighted by molar-refractivity contribution is -0.385. The average molecular weight is 403 g/mol. The van der Waals surface area contributed by atoms with E-state index in [-0.39, 0.29) is 17.3 Å². The van der Waals surface area contributed by atoms with E-state index in [1.54, 1.807) is 43.3 Å². The summed E-state index contributed by atoms with van der Waals surface area (Å²) in [7, 11) is 1.38. The number of benzene rings is 2. The highest BCUT2D eigenvalue weighted by atomic mass is 16.6. The van der Waals surface area contributed by atoms with Crippen molar-refractivity contribution in [3.05, 3.63) is 82.1 Å². The fraction of sp³-hybridized carbons (Fsp3) is 0.0909. The Morgan fingerprint density at radius 3 is 2.60 bits per heavy atom. The van der Waals surface area contributed by atoms with Crippen LogP contribution < -0.4 is 9.75 Å². The third kappa shape index (κ3) is 3.46. The molecule has 8 nitrogen and oxygen atoms in total. The van der Waals surface area contributed by atoms with Crippen LogP contribution in [-0.2, 0) is 4.79 Å². The van der Waals surface area contributed by atoms with Gasteiger partial charge in [-0.1, -0.05) is 18.2 Å². The van der Waals surface area contributed by atoms with Crippen LogP contribution in [0.3, 0.4) is 0 Å². The van der Waals surface area contributed by atoms with Crippen LogP contribution in [0.2, 0.25) is 0 Å². The van der Waals surface area contributed by atoms with Crippen molar-refractivity contribution in [1.29, 1.82) is 0 Å². The number of para-hydroxylation sites is 1. The van der Waals surface area contributed by atoms with E-state index < -0.39 is 4.92 Å². The van der Waals surface area contributed by atoms with Gasteiger partial charge in [0.1, 0.15) is 11.5 Å². The van der Waals surface area contributed by atoms with Crippen molar-refractivity contribution < 1.29 is 18.9 Å². The summed E-state index contributed by atoms with van der Waals surface area (Å²) in [5.41, 5.74) is 2.04. The van der Waals surface area contributed by atoms with E-state index in [9.17, 15) is 14.9 Å².